The summed E-state index contributed by atoms with van der Waals surface area (Å²) in [7, 11) is -4.00. The Kier molecular flexibility index (Phi) is 5.78. The Morgan fingerprint density at radius 2 is 2.19 bits per heavy atom. The van der Waals surface area contributed by atoms with Crippen molar-refractivity contribution in [1.82, 2.24) is 9.88 Å². The minimum atomic E-state index is -4.00. The summed E-state index contributed by atoms with van der Waals surface area (Å²) < 4.78 is 23.5. The molecule has 0 radical (unpaired) electrons. The molecular formula is C17H19ClN4O3S2. The maximum Gasteiger partial charge on any atom is 0.239 e. The topological polar surface area (TPSA) is 109 Å². The van der Waals surface area contributed by atoms with Gasteiger partial charge < -0.3 is 10.0 Å². The fourth-order valence-electron chi connectivity index (χ4n) is 2.86. The number of aliphatic hydroxyl groups is 1. The average molecular weight is 427 g/mol. The number of pyridine rings is 1. The molecule has 0 aliphatic carbocycles. The Morgan fingerprint density at radius 1 is 1.41 bits per heavy atom. The Labute approximate surface area is 167 Å². The van der Waals surface area contributed by atoms with Gasteiger partial charge in [-0.3, -0.25) is 9.98 Å². The lowest BCUT2D eigenvalue weighted by molar-refractivity contribution is -0.0455. The van der Waals surface area contributed by atoms with Gasteiger partial charge in [0.2, 0.25) is 10.0 Å². The van der Waals surface area contributed by atoms with E-state index in [-0.39, 0.29) is 9.92 Å². The van der Waals surface area contributed by atoms with E-state index in [1.54, 1.807) is 17.2 Å². The second kappa shape index (κ2) is 7.76. The molecule has 1 unspecified atom stereocenters. The molecule has 7 nitrogen and oxygen atoms in total. The molecule has 2 aromatic rings. The molecular weight excluding hydrogens is 408 g/mol. The molecule has 0 bridgehead atoms. The van der Waals surface area contributed by atoms with E-state index in [1.807, 2.05) is 25.1 Å². The van der Waals surface area contributed by atoms with Crippen LogP contribution in [0.3, 0.4) is 0 Å². The fourth-order valence-corrected chi connectivity index (χ4v) is 5.17. The first-order valence-electron chi connectivity index (χ1n) is 8.15. The zero-order chi connectivity index (χ0) is 19.7. The number of aliphatic imine (C=N–C) groups is 1. The van der Waals surface area contributed by atoms with Gasteiger partial charge in [-0.05, 0) is 31.2 Å². The predicted octanol–water partition coefficient (Wildman–Crippen LogP) is 2.15. The molecule has 1 aliphatic heterocycles. The van der Waals surface area contributed by atoms with Crippen LogP contribution in [0.5, 0.6) is 0 Å². The first kappa shape index (κ1) is 20.1. The van der Waals surface area contributed by atoms with Crippen molar-refractivity contribution in [1.29, 1.82) is 0 Å². The third-order valence-corrected chi connectivity index (χ3v) is 6.75. The molecule has 3 rings (SSSR count). The largest absolute Gasteiger partial charge is 0.366 e. The minimum Gasteiger partial charge on any atom is -0.366 e. The lowest BCUT2D eigenvalue weighted by Gasteiger charge is -2.34. The van der Waals surface area contributed by atoms with Crippen molar-refractivity contribution in [2.45, 2.75) is 24.1 Å². The normalized spacial score (nSPS) is 21.8. The minimum absolute atomic E-state index is 0.0163. The molecule has 144 valence electrons. The van der Waals surface area contributed by atoms with Gasteiger partial charge in [0.15, 0.2) is 10.9 Å². The highest BCUT2D eigenvalue weighted by Crippen LogP contribution is 2.40. The van der Waals surface area contributed by atoms with Crippen molar-refractivity contribution < 1.29 is 13.5 Å². The molecule has 1 atom stereocenters. The van der Waals surface area contributed by atoms with Crippen molar-refractivity contribution in [3.63, 3.8) is 0 Å². The Balaban J connectivity index is 1.94. The van der Waals surface area contributed by atoms with E-state index in [4.69, 9.17) is 16.7 Å². The van der Waals surface area contributed by atoms with E-state index < -0.39 is 15.7 Å². The lowest BCUT2D eigenvalue weighted by atomic mass is 10.0. The smallest absolute Gasteiger partial charge is 0.239 e. The summed E-state index contributed by atoms with van der Waals surface area (Å²) in [5.74, 6) is 0.299. The highest BCUT2D eigenvalue weighted by atomic mass is 35.5. The van der Waals surface area contributed by atoms with Crippen LogP contribution in [-0.4, -0.2) is 40.9 Å². The standard InChI is InChI=1S/C17H19ClN4O3S2/c1-2-22-16(21-10-13-5-3-4-8-20-13)26-11-17(22,23)12-6-7-14(18)15(9-12)27(19,24)25/h3-9,23H,2,10-11H2,1H3,(H2,19,24,25). The summed E-state index contributed by atoms with van der Waals surface area (Å²) in [6.07, 6.45) is 1.70. The fraction of sp³-hybridized carbons (Fsp3) is 0.294. The SMILES string of the molecule is CCN1C(=NCc2ccccn2)SCC1(O)c1ccc(Cl)c(S(N)(=O)=O)c1. The molecule has 27 heavy (non-hydrogen) atoms. The molecule has 3 N–H and O–H groups in total. The van der Waals surface area contributed by atoms with E-state index >= 15 is 0 Å². The lowest BCUT2D eigenvalue weighted by Crippen LogP contribution is -2.45. The maximum atomic E-state index is 11.8. The van der Waals surface area contributed by atoms with Crippen LogP contribution in [0, 0.1) is 0 Å². The summed E-state index contributed by atoms with van der Waals surface area (Å²) in [5.41, 5.74) is -0.194. The van der Waals surface area contributed by atoms with Gasteiger partial charge in [-0.2, -0.15) is 0 Å². The number of hydrogen-bond acceptors (Lipinski definition) is 6. The molecule has 10 heteroatoms. The molecule has 1 aromatic heterocycles. The number of thioether (sulfide) groups is 1. The van der Waals surface area contributed by atoms with Crippen LogP contribution in [0.2, 0.25) is 5.02 Å². The van der Waals surface area contributed by atoms with E-state index in [9.17, 15) is 13.5 Å². The molecule has 0 saturated carbocycles. The van der Waals surface area contributed by atoms with Crippen LogP contribution in [0.1, 0.15) is 18.2 Å². The van der Waals surface area contributed by atoms with Gasteiger partial charge in [0.1, 0.15) is 4.90 Å². The summed E-state index contributed by atoms with van der Waals surface area (Å²) in [6.45, 7) is 2.76. The van der Waals surface area contributed by atoms with Crippen LogP contribution in [-0.2, 0) is 22.3 Å². The number of nitrogens with zero attached hydrogens (tertiary/aromatic N) is 3. The van der Waals surface area contributed by atoms with E-state index in [1.165, 1.54) is 23.9 Å². The van der Waals surface area contributed by atoms with Crippen molar-refractivity contribution >= 4 is 38.6 Å². The average Bonchev–Trinajstić information content (AvgIpc) is 2.97. The van der Waals surface area contributed by atoms with Gasteiger partial charge in [-0.15, -0.1) is 0 Å². The molecule has 0 spiro atoms. The van der Waals surface area contributed by atoms with Gasteiger partial charge in [0, 0.05) is 18.3 Å². The molecule has 1 aromatic carbocycles. The highest BCUT2D eigenvalue weighted by Gasteiger charge is 2.44. The number of aromatic nitrogens is 1. The molecule has 0 amide bonds. The van der Waals surface area contributed by atoms with Crippen molar-refractivity contribution in [3.8, 4) is 0 Å². The van der Waals surface area contributed by atoms with Crippen LogP contribution >= 0.6 is 23.4 Å². The van der Waals surface area contributed by atoms with Crippen molar-refractivity contribution in [3.05, 3.63) is 58.9 Å². The van der Waals surface area contributed by atoms with Crippen LogP contribution in [0.15, 0.2) is 52.5 Å². The van der Waals surface area contributed by atoms with Gasteiger partial charge in [-0.1, -0.05) is 35.5 Å². The zero-order valence-corrected chi connectivity index (χ0v) is 16.9. The van der Waals surface area contributed by atoms with E-state index in [0.29, 0.717) is 29.6 Å². The Bertz CT molecular complexity index is 969. The number of benzene rings is 1. The van der Waals surface area contributed by atoms with E-state index in [0.717, 1.165) is 5.69 Å². The zero-order valence-electron chi connectivity index (χ0n) is 14.5. The van der Waals surface area contributed by atoms with Crippen LogP contribution < -0.4 is 5.14 Å². The summed E-state index contributed by atoms with van der Waals surface area (Å²) in [5, 5.41) is 17.2. The monoisotopic (exact) mass is 426 g/mol. The third kappa shape index (κ3) is 4.12. The van der Waals surface area contributed by atoms with Crippen molar-refractivity contribution in [2.75, 3.05) is 12.3 Å². The van der Waals surface area contributed by atoms with Gasteiger partial charge in [0.25, 0.3) is 0 Å². The summed E-state index contributed by atoms with van der Waals surface area (Å²) in [4.78, 5) is 10.3. The van der Waals surface area contributed by atoms with Crippen molar-refractivity contribution in [2.24, 2.45) is 10.1 Å². The molecule has 2 heterocycles. The number of nitrogens with two attached hydrogens (primary N) is 1. The number of halogens is 1. The second-order valence-electron chi connectivity index (χ2n) is 5.96. The number of hydrogen-bond donors (Lipinski definition) is 2. The summed E-state index contributed by atoms with van der Waals surface area (Å²) >= 11 is 7.36. The quantitative estimate of drug-likeness (QED) is 0.758. The molecule has 1 fully saturated rings. The van der Waals surface area contributed by atoms with Crippen LogP contribution in [0.25, 0.3) is 0 Å². The third-order valence-electron chi connectivity index (χ3n) is 4.20. The van der Waals surface area contributed by atoms with Gasteiger partial charge >= 0.3 is 0 Å². The predicted molar refractivity (Wildman–Crippen MR) is 107 cm³/mol. The van der Waals surface area contributed by atoms with Crippen LogP contribution in [0.4, 0.5) is 0 Å². The van der Waals surface area contributed by atoms with Gasteiger partial charge in [-0.25, -0.2) is 13.6 Å². The second-order valence-corrected chi connectivity index (χ2v) is 8.84. The highest BCUT2D eigenvalue weighted by molar-refractivity contribution is 8.14. The maximum absolute atomic E-state index is 11.8. The molecule has 1 saturated heterocycles. The first-order valence-corrected chi connectivity index (χ1v) is 11.1. The number of sulfonamides is 1. The Hall–Kier alpha value is -1.65. The Morgan fingerprint density at radius 3 is 2.81 bits per heavy atom. The molecule has 1 aliphatic rings. The summed E-state index contributed by atoms with van der Waals surface area (Å²) in [6, 6.07) is 9.95. The number of amidine groups is 1. The first-order chi connectivity index (χ1) is 12.8. The van der Waals surface area contributed by atoms with E-state index in [2.05, 4.69) is 9.98 Å². The number of rotatable bonds is 5. The number of primary sulfonamides is 1. The van der Waals surface area contributed by atoms with Gasteiger partial charge in [0.05, 0.1) is 23.0 Å².